The van der Waals surface area contributed by atoms with E-state index in [-0.39, 0.29) is 0 Å². The molecule has 0 bridgehead atoms. The van der Waals surface area contributed by atoms with Crippen LogP contribution in [0.15, 0.2) is 47.1 Å². The standard InChI is InChI=1S/C13H12BrN/c1-10-3-2-8-15-13(10)9-11-4-6-12(14)7-5-11/h2-8H,9H2,1H3. The van der Waals surface area contributed by atoms with Gasteiger partial charge >= 0.3 is 0 Å². The van der Waals surface area contributed by atoms with Crippen molar-refractivity contribution in [2.24, 2.45) is 0 Å². The van der Waals surface area contributed by atoms with Crippen LogP contribution in [0.3, 0.4) is 0 Å². The number of hydrogen-bond donors (Lipinski definition) is 0. The lowest BCUT2D eigenvalue weighted by atomic mass is 10.1. The van der Waals surface area contributed by atoms with E-state index in [2.05, 4.69) is 58.2 Å². The molecular formula is C13H12BrN. The third-order valence-electron chi connectivity index (χ3n) is 2.40. The Bertz CT molecular complexity index is 448. The molecule has 2 aromatic rings. The van der Waals surface area contributed by atoms with Crippen molar-refractivity contribution in [1.29, 1.82) is 0 Å². The summed E-state index contributed by atoms with van der Waals surface area (Å²) in [4.78, 5) is 4.38. The molecular weight excluding hydrogens is 250 g/mol. The van der Waals surface area contributed by atoms with Crippen molar-refractivity contribution in [2.75, 3.05) is 0 Å². The summed E-state index contributed by atoms with van der Waals surface area (Å²) in [6.07, 6.45) is 2.75. The molecule has 1 heterocycles. The summed E-state index contributed by atoms with van der Waals surface area (Å²) in [6.45, 7) is 2.10. The Kier molecular flexibility index (Phi) is 3.17. The summed E-state index contributed by atoms with van der Waals surface area (Å²) in [7, 11) is 0. The highest BCUT2D eigenvalue weighted by Crippen LogP contribution is 2.14. The Labute approximate surface area is 98.3 Å². The first-order valence-electron chi connectivity index (χ1n) is 4.90. The first kappa shape index (κ1) is 10.4. The molecule has 0 N–H and O–H groups in total. The molecule has 0 amide bonds. The normalized spacial score (nSPS) is 10.3. The van der Waals surface area contributed by atoms with Crippen molar-refractivity contribution in [3.63, 3.8) is 0 Å². The van der Waals surface area contributed by atoms with E-state index in [0.29, 0.717) is 0 Å². The smallest absolute Gasteiger partial charge is 0.0476 e. The van der Waals surface area contributed by atoms with Gasteiger partial charge < -0.3 is 0 Å². The number of benzene rings is 1. The second-order valence-corrected chi connectivity index (χ2v) is 4.49. The fourth-order valence-electron chi connectivity index (χ4n) is 1.50. The highest BCUT2D eigenvalue weighted by atomic mass is 79.9. The van der Waals surface area contributed by atoms with Gasteiger partial charge in [0, 0.05) is 22.8 Å². The van der Waals surface area contributed by atoms with Gasteiger partial charge in [0.1, 0.15) is 0 Å². The molecule has 0 aliphatic heterocycles. The van der Waals surface area contributed by atoms with Crippen LogP contribution in [0, 0.1) is 6.92 Å². The van der Waals surface area contributed by atoms with Crippen molar-refractivity contribution in [3.05, 3.63) is 63.9 Å². The van der Waals surface area contributed by atoms with Crippen LogP contribution in [0.4, 0.5) is 0 Å². The fourth-order valence-corrected chi connectivity index (χ4v) is 1.76. The third kappa shape index (κ3) is 2.66. The van der Waals surface area contributed by atoms with Crippen LogP contribution in [0.2, 0.25) is 0 Å². The third-order valence-corrected chi connectivity index (χ3v) is 2.93. The van der Waals surface area contributed by atoms with Crippen molar-refractivity contribution < 1.29 is 0 Å². The second-order valence-electron chi connectivity index (χ2n) is 3.57. The highest BCUT2D eigenvalue weighted by Gasteiger charge is 2.00. The molecule has 0 atom stereocenters. The van der Waals surface area contributed by atoms with Gasteiger partial charge in [0.05, 0.1) is 0 Å². The summed E-state index contributed by atoms with van der Waals surface area (Å²) in [5.41, 5.74) is 3.69. The molecule has 1 nitrogen and oxygen atoms in total. The van der Waals surface area contributed by atoms with Crippen LogP contribution in [0.1, 0.15) is 16.8 Å². The molecule has 0 fully saturated rings. The number of rotatable bonds is 2. The van der Waals surface area contributed by atoms with Gasteiger partial charge in [0.2, 0.25) is 0 Å². The predicted octanol–water partition coefficient (Wildman–Crippen LogP) is 3.74. The van der Waals surface area contributed by atoms with Gasteiger partial charge in [-0.05, 0) is 36.2 Å². The molecule has 76 valence electrons. The van der Waals surface area contributed by atoms with Crippen LogP contribution < -0.4 is 0 Å². The van der Waals surface area contributed by atoms with Crippen molar-refractivity contribution in [3.8, 4) is 0 Å². The largest absolute Gasteiger partial charge is 0.261 e. The topological polar surface area (TPSA) is 12.9 Å². The van der Waals surface area contributed by atoms with E-state index in [1.807, 2.05) is 12.3 Å². The quantitative estimate of drug-likeness (QED) is 0.803. The fraction of sp³-hybridized carbons (Fsp3) is 0.154. The van der Waals surface area contributed by atoms with Crippen molar-refractivity contribution in [2.45, 2.75) is 13.3 Å². The molecule has 0 saturated carbocycles. The Hall–Kier alpha value is -1.15. The maximum absolute atomic E-state index is 4.38. The first-order chi connectivity index (χ1) is 7.25. The zero-order valence-electron chi connectivity index (χ0n) is 8.57. The number of nitrogens with zero attached hydrogens (tertiary/aromatic N) is 1. The summed E-state index contributed by atoms with van der Waals surface area (Å²) in [5.74, 6) is 0. The minimum Gasteiger partial charge on any atom is -0.261 e. The van der Waals surface area contributed by atoms with Crippen LogP contribution >= 0.6 is 15.9 Å². The maximum atomic E-state index is 4.38. The molecule has 0 aliphatic carbocycles. The Balaban J connectivity index is 2.22. The van der Waals surface area contributed by atoms with Crippen LogP contribution in [0.5, 0.6) is 0 Å². The summed E-state index contributed by atoms with van der Waals surface area (Å²) in [5, 5.41) is 0. The molecule has 0 radical (unpaired) electrons. The Morgan fingerprint density at radius 1 is 1.13 bits per heavy atom. The minimum atomic E-state index is 0.903. The Morgan fingerprint density at radius 3 is 2.53 bits per heavy atom. The van der Waals surface area contributed by atoms with Crippen molar-refractivity contribution in [1.82, 2.24) is 4.98 Å². The van der Waals surface area contributed by atoms with Gasteiger partial charge in [-0.1, -0.05) is 34.1 Å². The highest BCUT2D eigenvalue weighted by molar-refractivity contribution is 9.10. The van der Waals surface area contributed by atoms with Crippen molar-refractivity contribution >= 4 is 15.9 Å². The average Bonchev–Trinajstić information content (AvgIpc) is 2.25. The summed E-state index contributed by atoms with van der Waals surface area (Å²) < 4.78 is 1.11. The van der Waals surface area contributed by atoms with Crippen LogP contribution in [-0.4, -0.2) is 4.98 Å². The number of aryl methyl sites for hydroxylation is 1. The molecule has 1 aromatic heterocycles. The maximum Gasteiger partial charge on any atom is 0.0476 e. The molecule has 0 saturated heterocycles. The zero-order valence-corrected chi connectivity index (χ0v) is 10.2. The zero-order chi connectivity index (χ0) is 10.7. The lowest BCUT2D eigenvalue weighted by Gasteiger charge is -2.04. The number of halogens is 1. The lowest BCUT2D eigenvalue weighted by Crippen LogP contribution is -1.94. The van der Waals surface area contributed by atoms with E-state index in [1.54, 1.807) is 0 Å². The van der Waals surface area contributed by atoms with E-state index in [9.17, 15) is 0 Å². The molecule has 0 spiro atoms. The lowest BCUT2D eigenvalue weighted by molar-refractivity contribution is 1.04. The van der Waals surface area contributed by atoms with Gasteiger partial charge in [-0.3, -0.25) is 4.98 Å². The molecule has 1 aromatic carbocycles. The number of pyridine rings is 1. The van der Waals surface area contributed by atoms with E-state index in [0.717, 1.165) is 16.6 Å². The molecule has 0 aliphatic rings. The molecule has 15 heavy (non-hydrogen) atoms. The number of hydrogen-bond acceptors (Lipinski definition) is 1. The molecule has 0 unspecified atom stereocenters. The van der Waals surface area contributed by atoms with E-state index < -0.39 is 0 Å². The summed E-state index contributed by atoms with van der Waals surface area (Å²) in [6, 6.07) is 12.4. The SMILES string of the molecule is Cc1cccnc1Cc1ccc(Br)cc1. The Morgan fingerprint density at radius 2 is 1.87 bits per heavy atom. The van der Waals surface area contributed by atoms with Gasteiger partial charge in [0.25, 0.3) is 0 Å². The van der Waals surface area contributed by atoms with Gasteiger partial charge in [-0.15, -0.1) is 0 Å². The molecule has 2 heteroatoms. The minimum absolute atomic E-state index is 0.903. The number of aromatic nitrogens is 1. The van der Waals surface area contributed by atoms with E-state index in [4.69, 9.17) is 0 Å². The van der Waals surface area contributed by atoms with Gasteiger partial charge in [-0.25, -0.2) is 0 Å². The first-order valence-corrected chi connectivity index (χ1v) is 5.70. The predicted molar refractivity (Wildman–Crippen MR) is 65.9 cm³/mol. The van der Waals surface area contributed by atoms with Gasteiger partial charge in [-0.2, -0.15) is 0 Å². The van der Waals surface area contributed by atoms with Crippen LogP contribution in [-0.2, 0) is 6.42 Å². The summed E-state index contributed by atoms with van der Waals surface area (Å²) >= 11 is 3.43. The molecule has 2 rings (SSSR count). The van der Waals surface area contributed by atoms with Gasteiger partial charge in [0.15, 0.2) is 0 Å². The monoisotopic (exact) mass is 261 g/mol. The van der Waals surface area contributed by atoms with E-state index in [1.165, 1.54) is 11.1 Å². The van der Waals surface area contributed by atoms with E-state index >= 15 is 0 Å². The second kappa shape index (κ2) is 4.58. The average molecular weight is 262 g/mol. The van der Waals surface area contributed by atoms with Crippen LogP contribution in [0.25, 0.3) is 0 Å².